The Hall–Kier alpha value is -4.55. The summed E-state index contributed by atoms with van der Waals surface area (Å²) in [6, 6.07) is 3.70. The van der Waals surface area contributed by atoms with E-state index in [0.717, 1.165) is 35.4 Å². The Morgan fingerprint density at radius 3 is 2.19 bits per heavy atom. The van der Waals surface area contributed by atoms with Gasteiger partial charge < -0.3 is 24.6 Å². The molecule has 3 heterocycles. The lowest BCUT2D eigenvalue weighted by atomic mass is 10.0. The fraction of sp³-hybridized carbons (Fsp3) is 0.286. The number of aromatic nitrogens is 1. The summed E-state index contributed by atoms with van der Waals surface area (Å²) in [6.45, 7) is -1.18. The van der Waals surface area contributed by atoms with Gasteiger partial charge in [0, 0.05) is 18.7 Å². The van der Waals surface area contributed by atoms with Crippen LogP contribution in [0.1, 0.15) is 21.5 Å². The van der Waals surface area contributed by atoms with Crippen LogP contribution in [0.5, 0.6) is 11.5 Å². The molecule has 0 bridgehead atoms. The van der Waals surface area contributed by atoms with E-state index in [1.165, 1.54) is 4.90 Å². The van der Waals surface area contributed by atoms with Crippen LogP contribution in [-0.4, -0.2) is 71.2 Å². The molecule has 1 aromatic heterocycles. The largest absolute Gasteiger partial charge is 0.573 e. The van der Waals surface area contributed by atoms with Crippen LogP contribution in [0.25, 0.3) is 11.3 Å². The first-order valence-corrected chi connectivity index (χ1v) is 14.0. The molecule has 2 aliphatic rings. The molecule has 3 aromatic rings. The summed E-state index contributed by atoms with van der Waals surface area (Å²) in [5.74, 6) is -2.69. The van der Waals surface area contributed by atoms with Crippen molar-refractivity contribution < 1.29 is 63.4 Å². The number of carbonyl (C=O) groups excluding carboxylic acids is 3. The van der Waals surface area contributed by atoms with Crippen LogP contribution < -0.4 is 14.8 Å². The van der Waals surface area contributed by atoms with Crippen LogP contribution in [0.2, 0.25) is 0 Å². The molecule has 2 aliphatic heterocycles. The summed E-state index contributed by atoms with van der Waals surface area (Å²) in [4.78, 5) is 45.7. The van der Waals surface area contributed by atoms with E-state index in [1.54, 1.807) is 0 Å². The van der Waals surface area contributed by atoms with E-state index in [0.29, 0.717) is 12.1 Å². The highest BCUT2D eigenvalue weighted by Gasteiger charge is 2.41. The zero-order valence-corrected chi connectivity index (χ0v) is 24.8. The second-order valence-corrected chi connectivity index (χ2v) is 11.0. The minimum absolute atomic E-state index is 0.00998. The second-order valence-electron chi connectivity index (χ2n) is 10.2. The Morgan fingerprint density at radius 1 is 0.936 bits per heavy atom. The molecule has 1 saturated heterocycles. The van der Waals surface area contributed by atoms with Gasteiger partial charge in [0.25, 0.3) is 11.8 Å². The smallest absolute Gasteiger partial charge is 0.483 e. The number of pyridine rings is 1. The summed E-state index contributed by atoms with van der Waals surface area (Å²) >= 11 is 3.03. The number of anilines is 1. The molecule has 2 aromatic carbocycles. The molecule has 1 atom stereocenters. The van der Waals surface area contributed by atoms with Crippen LogP contribution in [0.3, 0.4) is 0 Å². The summed E-state index contributed by atoms with van der Waals surface area (Å²) in [5.41, 5.74) is -4.52. The molecule has 0 aliphatic carbocycles. The number of nitrogens with one attached hydrogen (secondary N) is 1. The lowest BCUT2D eigenvalue weighted by Crippen LogP contribution is -2.60. The predicted molar refractivity (Wildman–Crippen MR) is 146 cm³/mol. The molecule has 19 heteroatoms. The summed E-state index contributed by atoms with van der Waals surface area (Å²) < 4.78 is 127. The van der Waals surface area contributed by atoms with Crippen LogP contribution in [0.4, 0.5) is 45.2 Å². The molecule has 1 N–H and O–H groups in total. The third kappa shape index (κ3) is 7.55. The first-order chi connectivity index (χ1) is 21.8. The summed E-state index contributed by atoms with van der Waals surface area (Å²) in [7, 11) is 0. The number of fused-ring (bicyclic) bond motifs is 2. The summed E-state index contributed by atoms with van der Waals surface area (Å²) in [6.07, 6.45) is -14.2. The molecular weight excluding hydrogens is 723 g/mol. The third-order valence-corrected chi connectivity index (χ3v) is 7.68. The van der Waals surface area contributed by atoms with Crippen molar-refractivity contribution in [3.63, 3.8) is 0 Å². The molecule has 5 rings (SSSR count). The number of hydrogen-bond acceptors (Lipinski definition) is 6. The lowest BCUT2D eigenvalue weighted by molar-refractivity contribution is -0.274. The number of alkyl halides is 9. The van der Waals surface area contributed by atoms with Gasteiger partial charge in [0.15, 0.2) is 6.61 Å². The van der Waals surface area contributed by atoms with E-state index in [-0.39, 0.29) is 47.2 Å². The number of rotatable bonds is 5. The van der Waals surface area contributed by atoms with Crippen LogP contribution in [0.15, 0.2) is 53.1 Å². The van der Waals surface area contributed by atoms with Gasteiger partial charge >= 0.3 is 18.7 Å². The van der Waals surface area contributed by atoms with Gasteiger partial charge in [-0.15, -0.1) is 13.2 Å². The van der Waals surface area contributed by atoms with Crippen LogP contribution in [0, 0.1) is 0 Å². The van der Waals surface area contributed by atoms with Gasteiger partial charge in [-0.2, -0.15) is 26.3 Å². The molecule has 9 nitrogen and oxygen atoms in total. The van der Waals surface area contributed by atoms with Crippen molar-refractivity contribution in [2.24, 2.45) is 0 Å². The average molecular weight is 741 g/mol. The van der Waals surface area contributed by atoms with Gasteiger partial charge in [0.05, 0.1) is 45.3 Å². The van der Waals surface area contributed by atoms with Crippen molar-refractivity contribution in [3.8, 4) is 22.8 Å². The molecule has 0 saturated carbocycles. The van der Waals surface area contributed by atoms with Gasteiger partial charge in [-0.25, -0.2) is 0 Å². The predicted octanol–water partition coefficient (Wildman–Crippen LogP) is 6.13. The maximum absolute atomic E-state index is 13.5. The van der Waals surface area contributed by atoms with Gasteiger partial charge in [0.2, 0.25) is 5.91 Å². The Morgan fingerprint density at radius 2 is 1.60 bits per heavy atom. The highest BCUT2D eigenvalue weighted by Crippen LogP contribution is 2.39. The number of carbonyl (C=O) groups is 3. The van der Waals surface area contributed by atoms with Crippen molar-refractivity contribution in [2.45, 2.75) is 24.8 Å². The van der Waals surface area contributed by atoms with Gasteiger partial charge in [-0.05, 0) is 58.4 Å². The standard InChI is InChI=1S/C28H18BrF9N4O5/c29-18-8-16(47-28(36,37)38)1-2-22(18)46-12-23(43)41-3-4-42-21(11-41)24(44)40-20-10-39-19(9-17(20)25(42)45)13-5-14(26(30,31)32)7-15(6-13)27(33,34)35/h1-2,5-10,21H,3-4,11-12H2,(H,40,44). The highest BCUT2D eigenvalue weighted by molar-refractivity contribution is 9.10. The second kappa shape index (κ2) is 12.2. The molecule has 47 heavy (non-hydrogen) atoms. The molecule has 1 fully saturated rings. The van der Waals surface area contributed by atoms with Crippen molar-refractivity contribution >= 4 is 39.3 Å². The number of benzene rings is 2. The third-order valence-electron chi connectivity index (χ3n) is 7.06. The Bertz CT molecular complexity index is 1710. The molecule has 250 valence electrons. The highest BCUT2D eigenvalue weighted by atomic mass is 79.9. The first kappa shape index (κ1) is 33.8. The number of ether oxygens (including phenoxy) is 2. The molecule has 1 unspecified atom stereocenters. The number of halogens is 10. The van der Waals surface area contributed by atoms with Crippen LogP contribution >= 0.6 is 15.9 Å². The fourth-order valence-electron chi connectivity index (χ4n) is 4.87. The lowest BCUT2D eigenvalue weighted by Gasteiger charge is -2.39. The van der Waals surface area contributed by atoms with E-state index >= 15 is 0 Å². The van der Waals surface area contributed by atoms with Gasteiger partial charge in [0.1, 0.15) is 17.5 Å². The minimum atomic E-state index is -5.12. The van der Waals surface area contributed by atoms with E-state index in [2.05, 4.69) is 31.0 Å². The zero-order chi connectivity index (χ0) is 34.5. The van der Waals surface area contributed by atoms with E-state index in [1.807, 2.05) is 0 Å². The topological polar surface area (TPSA) is 101 Å². The first-order valence-electron chi connectivity index (χ1n) is 13.2. The van der Waals surface area contributed by atoms with E-state index in [9.17, 15) is 53.9 Å². The SMILES string of the molecule is O=C1Nc2cnc(-c3cc(C(F)(F)F)cc(C(F)(F)F)c3)cc2C(=O)N2CCN(C(=O)COc3ccc(OC(F)(F)F)cc3Br)CC12. The van der Waals surface area contributed by atoms with Gasteiger partial charge in [-0.3, -0.25) is 19.4 Å². The monoisotopic (exact) mass is 740 g/mol. The van der Waals surface area contributed by atoms with Crippen LogP contribution in [-0.2, 0) is 21.9 Å². The number of amides is 3. The number of hydrogen-bond donors (Lipinski definition) is 1. The van der Waals surface area contributed by atoms with E-state index < -0.39 is 77.2 Å². The van der Waals surface area contributed by atoms with Crippen molar-refractivity contribution in [2.75, 3.05) is 31.6 Å². The number of nitrogens with zero attached hydrogens (tertiary/aromatic N) is 3. The summed E-state index contributed by atoms with van der Waals surface area (Å²) in [5, 5.41) is 2.46. The normalized spacial score (nSPS) is 17.0. The fourth-order valence-corrected chi connectivity index (χ4v) is 5.34. The molecular formula is C28H18BrF9N4O5. The molecule has 3 amide bonds. The Kier molecular flexibility index (Phi) is 8.80. The quantitative estimate of drug-likeness (QED) is 0.316. The molecule has 0 spiro atoms. The van der Waals surface area contributed by atoms with Crippen molar-refractivity contribution in [1.29, 1.82) is 0 Å². The minimum Gasteiger partial charge on any atom is -0.483 e. The number of piperazine rings is 1. The zero-order valence-electron chi connectivity index (χ0n) is 23.2. The average Bonchev–Trinajstić information content (AvgIpc) is 3.07. The van der Waals surface area contributed by atoms with E-state index in [4.69, 9.17) is 4.74 Å². The maximum atomic E-state index is 13.5. The molecule has 0 radical (unpaired) electrons. The van der Waals surface area contributed by atoms with Gasteiger partial charge in [-0.1, -0.05) is 0 Å². The van der Waals surface area contributed by atoms with Crippen molar-refractivity contribution in [1.82, 2.24) is 14.8 Å². The maximum Gasteiger partial charge on any atom is 0.573 e. The Balaban J connectivity index is 1.32. The Labute approximate surface area is 266 Å². The van der Waals surface area contributed by atoms with Crippen molar-refractivity contribution in [3.05, 3.63) is 69.8 Å².